The van der Waals surface area contributed by atoms with Gasteiger partial charge in [-0.25, -0.2) is 4.39 Å². The number of aliphatic hydroxyl groups excluding tert-OH is 1. The Balaban J connectivity index is 2.34. The van der Waals surface area contributed by atoms with Gasteiger partial charge in [-0.3, -0.25) is 9.88 Å². The molecule has 1 heterocycles. The molecule has 0 spiro atoms. The third kappa shape index (κ3) is 3.57. The summed E-state index contributed by atoms with van der Waals surface area (Å²) in [5.74, 6) is -0.238. The van der Waals surface area contributed by atoms with Gasteiger partial charge in [-0.2, -0.15) is 0 Å². The van der Waals surface area contributed by atoms with Crippen molar-refractivity contribution in [2.75, 3.05) is 13.2 Å². The molecule has 0 radical (unpaired) electrons. The maximum Gasteiger partial charge on any atom is 0.132 e. The Bertz CT molecular complexity index is 584. The van der Waals surface area contributed by atoms with Gasteiger partial charge in [0.2, 0.25) is 0 Å². The lowest BCUT2D eigenvalue weighted by molar-refractivity contribution is 0.137. The van der Waals surface area contributed by atoms with E-state index >= 15 is 0 Å². The number of aromatic nitrogens is 1. The maximum atomic E-state index is 13.8. The number of rotatable bonds is 7. The molecule has 4 heteroatoms. The first-order chi connectivity index (χ1) is 10.2. The average Bonchev–Trinajstić information content (AvgIpc) is 2.51. The molecule has 0 bridgehead atoms. The number of hydrogen-bond donors (Lipinski definition) is 1. The zero-order valence-electron chi connectivity index (χ0n) is 12.7. The number of fused-ring (bicyclic) bond motifs is 1. The summed E-state index contributed by atoms with van der Waals surface area (Å²) in [4.78, 5) is 6.59. The first-order valence-electron chi connectivity index (χ1n) is 7.58. The van der Waals surface area contributed by atoms with E-state index < -0.39 is 0 Å². The van der Waals surface area contributed by atoms with Crippen molar-refractivity contribution in [3.8, 4) is 0 Å². The molecule has 0 atom stereocenters. The molecule has 1 aromatic carbocycles. The molecule has 0 unspecified atom stereocenters. The van der Waals surface area contributed by atoms with Crippen molar-refractivity contribution in [2.24, 2.45) is 0 Å². The number of halogens is 1. The highest BCUT2D eigenvalue weighted by molar-refractivity contribution is 5.82. The molecule has 3 nitrogen and oxygen atoms in total. The highest BCUT2D eigenvalue weighted by atomic mass is 19.1. The van der Waals surface area contributed by atoms with Crippen LogP contribution < -0.4 is 0 Å². The second-order valence-electron chi connectivity index (χ2n) is 5.27. The molecule has 0 aliphatic carbocycles. The predicted molar refractivity (Wildman–Crippen MR) is 83.6 cm³/mol. The van der Waals surface area contributed by atoms with Crippen LogP contribution in [0.15, 0.2) is 30.5 Å². The molecule has 114 valence electrons. The number of aliphatic hydroxyl groups is 1. The van der Waals surface area contributed by atoms with Gasteiger partial charge >= 0.3 is 0 Å². The fourth-order valence-electron chi connectivity index (χ4n) is 2.87. The van der Waals surface area contributed by atoms with Crippen molar-refractivity contribution in [1.29, 1.82) is 0 Å². The summed E-state index contributed by atoms with van der Waals surface area (Å²) in [6.45, 7) is 5.74. The van der Waals surface area contributed by atoms with E-state index in [1.54, 1.807) is 24.4 Å². The minimum Gasteiger partial charge on any atom is -0.395 e. The Morgan fingerprint density at radius 3 is 2.67 bits per heavy atom. The molecule has 2 aromatic rings. The number of pyridine rings is 1. The lowest BCUT2D eigenvalue weighted by atomic mass is 10.1. The Morgan fingerprint density at radius 2 is 2.00 bits per heavy atom. The highest BCUT2D eigenvalue weighted by Gasteiger charge is 2.17. The van der Waals surface area contributed by atoms with Gasteiger partial charge < -0.3 is 5.11 Å². The van der Waals surface area contributed by atoms with Crippen molar-refractivity contribution in [1.82, 2.24) is 9.88 Å². The van der Waals surface area contributed by atoms with E-state index in [1.165, 1.54) is 6.07 Å². The third-order valence-electron chi connectivity index (χ3n) is 4.02. The van der Waals surface area contributed by atoms with Gasteiger partial charge in [-0.05, 0) is 36.6 Å². The lowest BCUT2D eigenvalue weighted by Gasteiger charge is -2.30. The van der Waals surface area contributed by atoms with Gasteiger partial charge in [0.1, 0.15) is 5.82 Å². The molecule has 0 aliphatic heterocycles. The first-order valence-corrected chi connectivity index (χ1v) is 7.58. The van der Waals surface area contributed by atoms with Crippen molar-refractivity contribution >= 4 is 10.9 Å². The van der Waals surface area contributed by atoms with E-state index in [9.17, 15) is 9.50 Å². The smallest absolute Gasteiger partial charge is 0.132 e. The summed E-state index contributed by atoms with van der Waals surface area (Å²) in [6.07, 6.45) is 3.75. The molecule has 0 saturated carbocycles. The van der Waals surface area contributed by atoms with Gasteiger partial charge in [0.15, 0.2) is 0 Å². The SMILES string of the molecule is CCC(CC)N(CCO)Cc1ccc(F)c2cccnc12. The van der Waals surface area contributed by atoms with Crippen LogP contribution in [0.3, 0.4) is 0 Å². The minimum atomic E-state index is -0.238. The van der Waals surface area contributed by atoms with Crippen LogP contribution in [0.1, 0.15) is 32.3 Å². The summed E-state index contributed by atoms with van der Waals surface area (Å²) < 4.78 is 13.8. The molecule has 0 aliphatic rings. The molecular formula is C17H23FN2O. The van der Waals surface area contributed by atoms with Crippen LogP contribution in [0.2, 0.25) is 0 Å². The second-order valence-corrected chi connectivity index (χ2v) is 5.27. The van der Waals surface area contributed by atoms with Crippen LogP contribution in [0.4, 0.5) is 4.39 Å². The zero-order chi connectivity index (χ0) is 15.2. The normalized spacial score (nSPS) is 11.7. The number of hydrogen-bond acceptors (Lipinski definition) is 3. The monoisotopic (exact) mass is 290 g/mol. The molecule has 2 rings (SSSR count). The largest absolute Gasteiger partial charge is 0.395 e. The Morgan fingerprint density at radius 1 is 1.24 bits per heavy atom. The fourth-order valence-corrected chi connectivity index (χ4v) is 2.87. The van der Waals surface area contributed by atoms with Gasteiger partial charge in [-0.1, -0.05) is 19.9 Å². The minimum absolute atomic E-state index is 0.128. The van der Waals surface area contributed by atoms with Gasteiger partial charge in [-0.15, -0.1) is 0 Å². The zero-order valence-corrected chi connectivity index (χ0v) is 12.7. The first kappa shape index (κ1) is 15.9. The predicted octanol–water partition coefficient (Wildman–Crippen LogP) is 3.36. The quantitative estimate of drug-likeness (QED) is 0.849. The van der Waals surface area contributed by atoms with Crippen molar-refractivity contribution in [3.05, 3.63) is 41.8 Å². The van der Waals surface area contributed by atoms with Crippen molar-refractivity contribution in [3.63, 3.8) is 0 Å². The third-order valence-corrected chi connectivity index (χ3v) is 4.02. The number of benzene rings is 1. The Kier molecular flexibility index (Phi) is 5.65. The Labute approximate surface area is 125 Å². The van der Waals surface area contributed by atoms with E-state index in [4.69, 9.17) is 0 Å². The summed E-state index contributed by atoms with van der Waals surface area (Å²) in [7, 11) is 0. The van der Waals surface area contributed by atoms with Gasteiger partial charge in [0.25, 0.3) is 0 Å². The van der Waals surface area contributed by atoms with E-state index in [-0.39, 0.29) is 12.4 Å². The van der Waals surface area contributed by atoms with E-state index in [2.05, 4.69) is 23.7 Å². The summed E-state index contributed by atoms with van der Waals surface area (Å²) >= 11 is 0. The topological polar surface area (TPSA) is 36.4 Å². The molecule has 21 heavy (non-hydrogen) atoms. The molecule has 1 N–H and O–H groups in total. The second kappa shape index (κ2) is 7.48. The summed E-state index contributed by atoms with van der Waals surface area (Å²) in [5.41, 5.74) is 1.72. The molecule has 0 fully saturated rings. The number of nitrogens with zero attached hydrogens (tertiary/aromatic N) is 2. The van der Waals surface area contributed by atoms with Crippen LogP contribution in [-0.2, 0) is 6.54 Å². The van der Waals surface area contributed by atoms with Crippen molar-refractivity contribution in [2.45, 2.75) is 39.3 Å². The Hall–Kier alpha value is -1.52. The molecule has 0 amide bonds. The standard InChI is InChI=1S/C17H23FN2O/c1-3-14(4-2)20(10-11-21)12-13-7-8-16(18)15-6-5-9-19-17(13)15/h5-9,14,21H,3-4,10-12H2,1-2H3. The summed E-state index contributed by atoms with van der Waals surface area (Å²) in [6, 6.07) is 7.23. The highest BCUT2D eigenvalue weighted by Crippen LogP contribution is 2.22. The fraction of sp³-hybridized carbons (Fsp3) is 0.471. The van der Waals surface area contributed by atoms with Gasteiger partial charge in [0.05, 0.1) is 12.1 Å². The van der Waals surface area contributed by atoms with E-state index in [1.807, 2.05) is 0 Å². The van der Waals surface area contributed by atoms with Crippen LogP contribution in [0.25, 0.3) is 10.9 Å². The molecule has 0 saturated heterocycles. The van der Waals surface area contributed by atoms with Gasteiger partial charge in [0, 0.05) is 30.7 Å². The maximum absolute atomic E-state index is 13.8. The van der Waals surface area contributed by atoms with Crippen LogP contribution in [0.5, 0.6) is 0 Å². The average molecular weight is 290 g/mol. The molecule has 1 aromatic heterocycles. The van der Waals surface area contributed by atoms with E-state index in [0.29, 0.717) is 30.0 Å². The van der Waals surface area contributed by atoms with Crippen LogP contribution >= 0.6 is 0 Å². The van der Waals surface area contributed by atoms with E-state index in [0.717, 1.165) is 18.4 Å². The summed E-state index contributed by atoms with van der Waals surface area (Å²) in [5, 5.41) is 9.85. The molecular weight excluding hydrogens is 267 g/mol. The van der Waals surface area contributed by atoms with Crippen LogP contribution in [-0.4, -0.2) is 34.2 Å². The van der Waals surface area contributed by atoms with Crippen molar-refractivity contribution < 1.29 is 9.50 Å². The van der Waals surface area contributed by atoms with Crippen LogP contribution in [0, 0.1) is 5.82 Å². The lowest BCUT2D eigenvalue weighted by Crippen LogP contribution is -2.36.